The van der Waals surface area contributed by atoms with Crippen molar-refractivity contribution >= 4 is 17.3 Å². The standard InChI is InChI=1S/C21H22ClN5O/c1-3-26(4-2)15-9-10-16-17(11-15)28-21-19(20(23)27(24)12-25-21)18(16)13-5-7-14(22)8-6-13/h5-12,18,23H,3-4,24H2,1-2H3. The zero-order valence-electron chi connectivity index (χ0n) is 15.8. The highest BCUT2D eigenvalue weighted by Gasteiger charge is 2.32. The number of nitrogens with one attached hydrogen (secondary N) is 1. The third-order valence-electron chi connectivity index (χ3n) is 5.18. The molecule has 0 radical (unpaired) electrons. The molecule has 1 aliphatic rings. The average molecular weight is 396 g/mol. The molecule has 1 unspecified atom stereocenters. The van der Waals surface area contributed by atoms with E-state index in [4.69, 9.17) is 27.6 Å². The maximum absolute atomic E-state index is 8.49. The second-order valence-corrected chi connectivity index (χ2v) is 7.14. The molecule has 1 aliphatic heterocycles. The van der Waals surface area contributed by atoms with Crippen LogP contribution in [0.4, 0.5) is 5.69 Å². The Labute approximate surface area is 168 Å². The minimum Gasteiger partial charge on any atom is -0.438 e. The number of ether oxygens (including phenoxy) is 1. The summed E-state index contributed by atoms with van der Waals surface area (Å²) in [6.45, 7) is 6.08. The number of rotatable bonds is 4. The van der Waals surface area contributed by atoms with Crippen molar-refractivity contribution in [3.63, 3.8) is 0 Å². The number of anilines is 1. The molecule has 7 heteroatoms. The minimum absolute atomic E-state index is 0.170. The molecular formula is C21H22ClN5O. The number of nitrogen functional groups attached to an aromatic ring is 1. The summed E-state index contributed by atoms with van der Waals surface area (Å²) < 4.78 is 7.32. The van der Waals surface area contributed by atoms with E-state index in [0.29, 0.717) is 16.5 Å². The molecule has 0 amide bonds. The fraction of sp³-hybridized carbons (Fsp3) is 0.238. The van der Waals surface area contributed by atoms with E-state index in [1.807, 2.05) is 30.3 Å². The van der Waals surface area contributed by atoms with Gasteiger partial charge in [0.2, 0.25) is 5.88 Å². The van der Waals surface area contributed by atoms with Crippen LogP contribution in [-0.2, 0) is 0 Å². The molecule has 3 N–H and O–H groups in total. The van der Waals surface area contributed by atoms with Crippen LogP contribution in [0.15, 0.2) is 48.8 Å². The number of hydrogen-bond donors (Lipinski definition) is 2. The molecular weight excluding hydrogens is 374 g/mol. The first-order valence-corrected chi connectivity index (χ1v) is 9.64. The fourth-order valence-corrected chi connectivity index (χ4v) is 3.85. The smallest absolute Gasteiger partial charge is 0.228 e. The molecule has 1 atom stereocenters. The number of aromatic nitrogens is 2. The largest absolute Gasteiger partial charge is 0.438 e. The van der Waals surface area contributed by atoms with Crippen molar-refractivity contribution in [3.8, 4) is 11.6 Å². The van der Waals surface area contributed by atoms with Crippen molar-refractivity contribution in [2.75, 3.05) is 23.8 Å². The van der Waals surface area contributed by atoms with Gasteiger partial charge in [-0.3, -0.25) is 5.41 Å². The van der Waals surface area contributed by atoms with Gasteiger partial charge in [-0.15, -0.1) is 0 Å². The molecule has 28 heavy (non-hydrogen) atoms. The predicted molar refractivity (Wildman–Crippen MR) is 111 cm³/mol. The van der Waals surface area contributed by atoms with E-state index >= 15 is 0 Å². The van der Waals surface area contributed by atoms with Crippen molar-refractivity contribution in [2.45, 2.75) is 19.8 Å². The van der Waals surface area contributed by atoms with Crippen molar-refractivity contribution in [2.24, 2.45) is 0 Å². The van der Waals surface area contributed by atoms with Crippen LogP contribution in [0, 0.1) is 5.41 Å². The quantitative estimate of drug-likeness (QED) is 0.514. The molecule has 144 valence electrons. The summed E-state index contributed by atoms with van der Waals surface area (Å²) in [6, 6.07) is 13.9. The lowest BCUT2D eigenvalue weighted by molar-refractivity contribution is 0.426. The molecule has 3 aromatic rings. The highest BCUT2D eigenvalue weighted by atomic mass is 35.5. The number of fused-ring (bicyclic) bond motifs is 2. The van der Waals surface area contributed by atoms with Crippen molar-refractivity contribution in [1.29, 1.82) is 5.41 Å². The summed E-state index contributed by atoms with van der Waals surface area (Å²) in [5.41, 5.74) is 3.90. The number of benzene rings is 2. The van der Waals surface area contributed by atoms with Gasteiger partial charge in [-0.05, 0) is 37.6 Å². The summed E-state index contributed by atoms with van der Waals surface area (Å²) in [7, 11) is 0. The van der Waals surface area contributed by atoms with Gasteiger partial charge in [0, 0.05) is 41.3 Å². The molecule has 0 saturated heterocycles. The Hall–Kier alpha value is -2.99. The second kappa shape index (κ2) is 7.20. The van der Waals surface area contributed by atoms with Gasteiger partial charge in [-0.25, -0.2) is 9.66 Å². The van der Waals surface area contributed by atoms with Crippen LogP contribution >= 0.6 is 11.6 Å². The molecule has 0 saturated carbocycles. The molecule has 1 aromatic heterocycles. The number of halogens is 1. The first-order valence-electron chi connectivity index (χ1n) is 9.26. The first-order chi connectivity index (χ1) is 13.5. The Bertz CT molecular complexity index is 1070. The Morgan fingerprint density at radius 3 is 2.57 bits per heavy atom. The summed E-state index contributed by atoms with van der Waals surface area (Å²) in [5.74, 6) is 6.86. The SMILES string of the molecule is CCN(CC)c1ccc2c(c1)Oc1ncn(N)c(=N)c1C2c1ccc(Cl)cc1. The average Bonchev–Trinajstić information content (AvgIpc) is 2.71. The van der Waals surface area contributed by atoms with Crippen molar-refractivity contribution < 1.29 is 4.74 Å². The van der Waals surface area contributed by atoms with Crippen LogP contribution in [0.25, 0.3) is 0 Å². The van der Waals surface area contributed by atoms with Gasteiger partial charge in [-0.2, -0.15) is 0 Å². The summed E-state index contributed by atoms with van der Waals surface area (Å²) in [4.78, 5) is 6.61. The zero-order valence-corrected chi connectivity index (χ0v) is 16.6. The van der Waals surface area contributed by atoms with Crippen LogP contribution < -0.4 is 21.0 Å². The van der Waals surface area contributed by atoms with Crippen LogP contribution in [0.1, 0.15) is 36.5 Å². The molecule has 2 aromatic carbocycles. The van der Waals surface area contributed by atoms with Gasteiger partial charge < -0.3 is 15.5 Å². The normalized spacial score (nSPS) is 14.8. The van der Waals surface area contributed by atoms with E-state index in [1.54, 1.807) is 0 Å². The number of nitrogens with zero attached hydrogens (tertiary/aromatic N) is 3. The summed E-state index contributed by atoms with van der Waals surface area (Å²) in [5, 5.41) is 9.16. The fourth-order valence-electron chi connectivity index (χ4n) is 3.72. The lowest BCUT2D eigenvalue weighted by Gasteiger charge is -2.30. The van der Waals surface area contributed by atoms with Crippen LogP contribution in [-0.4, -0.2) is 22.7 Å². The molecule has 0 fully saturated rings. The second-order valence-electron chi connectivity index (χ2n) is 6.70. The predicted octanol–water partition coefficient (Wildman–Crippen LogP) is 3.86. The van der Waals surface area contributed by atoms with Crippen LogP contribution in [0.2, 0.25) is 5.02 Å². The number of hydrogen-bond acceptors (Lipinski definition) is 5. The molecule has 0 spiro atoms. The highest BCUT2D eigenvalue weighted by molar-refractivity contribution is 6.30. The van der Waals surface area contributed by atoms with Crippen LogP contribution in [0.3, 0.4) is 0 Å². The van der Waals surface area contributed by atoms with Gasteiger partial charge in [0.05, 0.1) is 5.56 Å². The molecule has 4 rings (SSSR count). The van der Waals surface area contributed by atoms with Crippen molar-refractivity contribution in [3.05, 3.63) is 76.0 Å². The maximum atomic E-state index is 8.49. The molecule has 0 aliphatic carbocycles. The topological polar surface area (TPSA) is 80.2 Å². The maximum Gasteiger partial charge on any atom is 0.228 e. The lowest BCUT2D eigenvalue weighted by atomic mass is 9.84. The van der Waals surface area contributed by atoms with E-state index in [1.165, 1.54) is 11.0 Å². The highest BCUT2D eigenvalue weighted by Crippen LogP contribution is 2.46. The van der Waals surface area contributed by atoms with Gasteiger partial charge >= 0.3 is 0 Å². The van der Waals surface area contributed by atoms with E-state index in [-0.39, 0.29) is 11.4 Å². The van der Waals surface area contributed by atoms with E-state index in [0.717, 1.165) is 35.7 Å². The van der Waals surface area contributed by atoms with Gasteiger partial charge in [0.1, 0.15) is 12.1 Å². The zero-order chi connectivity index (χ0) is 19.8. The Morgan fingerprint density at radius 2 is 1.89 bits per heavy atom. The first kappa shape index (κ1) is 18.4. The third kappa shape index (κ3) is 2.99. The van der Waals surface area contributed by atoms with E-state index in [9.17, 15) is 0 Å². The third-order valence-corrected chi connectivity index (χ3v) is 5.43. The Kier molecular flexibility index (Phi) is 4.73. The molecule has 2 heterocycles. The van der Waals surface area contributed by atoms with Gasteiger partial charge in [-0.1, -0.05) is 29.8 Å². The Morgan fingerprint density at radius 1 is 1.18 bits per heavy atom. The monoisotopic (exact) mass is 395 g/mol. The number of nitrogens with two attached hydrogens (primary N) is 1. The summed E-state index contributed by atoms with van der Waals surface area (Å²) >= 11 is 6.09. The van der Waals surface area contributed by atoms with E-state index < -0.39 is 0 Å². The molecule has 0 bridgehead atoms. The van der Waals surface area contributed by atoms with Crippen LogP contribution in [0.5, 0.6) is 11.6 Å². The minimum atomic E-state index is -0.210. The summed E-state index contributed by atoms with van der Waals surface area (Å²) in [6.07, 6.45) is 1.40. The van der Waals surface area contributed by atoms with Crippen molar-refractivity contribution in [1.82, 2.24) is 9.66 Å². The van der Waals surface area contributed by atoms with E-state index in [2.05, 4.69) is 35.9 Å². The lowest BCUT2D eigenvalue weighted by Crippen LogP contribution is -2.33. The van der Waals surface area contributed by atoms with Gasteiger partial charge in [0.15, 0.2) is 5.49 Å². The molecule has 6 nitrogen and oxygen atoms in total. The Balaban J connectivity index is 1.93. The van der Waals surface area contributed by atoms with Gasteiger partial charge in [0.25, 0.3) is 0 Å².